The minimum Gasteiger partial charge on any atom is -0.493 e. The highest BCUT2D eigenvalue weighted by Crippen LogP contribution is 2.44. The van der Waals surface area contributed by atoms with Crippen molar-refractivity contribution in [2.45, 2.75) is 97.6 Å². The van der Waals surface area contributed by atoms with Crippen LogP contribution in [0.1, 0.15) is 89.2 Å². The maximum atomic E-state index is 12.6. The molecule has 3 rings (SSSR count). The second kappa shape index (κ2) is 20.1. The van der Waals surface area contributed by atoms with E-state index in [9.17, 15) is 9.46 Å². The molecule has 0 aromatic heterocycles. The number of hydrogen-bond donors (Lipinski definition) is 1. The summed E-state index contributed by atoms with van der Waals surface area (Å²) in [6.45, 7) is 7.72. The summed E-state index contributed by atoms with van der Waals surface area (Å²) < 4.78 is 40.6. The van der Waals surface area contributed by atoms with Crippen LogP contribution in [0.2, 0.25) is 0 Å². The Hall–Kier alpha value is -2.16. The summed E-state index contributed by atoms with van der Waals surface area (Å²) in [6, 6.07) is 12.8. The Morgan fingerprint density at radius 1 is 0.886 bits per heavy atom. The highest BCUT2D eigenvalue weighted by atomic mass is 32.2. The third-order valence-corrected chi connectivity index (χ3v) is 9.46. The fraction of sp³-hybridized carbons (Fsp3) is 0.588. The van der Waals surface area contributed by atoms with Crippen LogP contribution >= 0.6 is 19.6 Å². The van der Waals surface area contributed by atoms with E-state index in [0.717, 1.165) is 35.7 Å². The van der Waals surface area contributed by atoms with Crippen molar-refractivity contribution in [2.75, 3.05) is 32.8 Å². The average Bonchev–Trinajstić information content (AvgIpc) is 3.42. The fourth-order valence-electron chi connectivity index (χ4n) is 4.88. The van der Waals surface area contributed by atoms with Gasteiger partial charge in [-0.25, -0.2) is 4.57 Å². The summed E-state index contributed by atoms with van der Waals surface area (Å²) >= 11 is 1.81. The van der Waals surface area contributed by atoms with Gasteiger partial charge < -0.3 is 23.6 Å². The van der Waals surface area contributed by atoms with Gasteiger partial charge in [0.15, 0.2) is 0 Å². The van der Waals surface area contributed by atoms with Crippen molar-refractivity contribution in [1.29, 1.82) is 0 Å². The monoisotopic (exact) mass is 649 g/mol. The van der Waals surface area contributed by atoms with Gasteiger partial charge in [-0.15, -0.1) is 11.8 Å². The molecule has 1 heterocycles. The van der Waals surface area contributed by atoms with Crippen molar-refractivity contribution in [3.63, 3.8) is 0 Å². The number of nitrogens with zero attached hydrogens (tertiary/aromatic N) is 1. The molecule has 0 spiro atoms. The number of unbranched alkanes of at least 4 members (excludes halogenated alkanes) is 9. The first kappa shape index (κ1) is 36.3. The van der Waals surface area contributed by atoms with Gasteiger partial charge >= 0.3 is 7.82 Å². The number of phosphoric acid groups is 1. The molecule has 2 aromatic carbocycles. The van der Waals surface area contributed by atoms with Gasteiger partial charge in [0.1, 0.15) is 30.0 Å². The lowest BCUT2D eigenvalue weighted by Crippen LogP contribution is -2.26. The first-order valence-corrected chi connectivity index (χ1v) is 18.5. The van der Waals surface area contributed by atoms with Crippen LogP contribution in [0.3, 0.4) is 0 Å². The summed E-state index contributed by atoms with van der Waals surface area (Å²) in [6.07, 6.45) is 14.4. The first-order valence-electron chi connectivity index (χ1n) is 16.0. The minimum atomic E-state index is -4.36. The number of rotatable bonds is 23. The molecular weight excluding hydrogens is 597 g/mol. The lowest BCUT2D eigenvalue weighted by atomic mass is 10.1. The zero-order valence-electron chi connectivity index (χ0n) is 27.0. The molecule has 0 fully saturated rings. The number of hydrogen-bond acceptors (Lipinski definition) is 8. The molecule has 0 bridgehead atoms. The molecule has 1 aliphatic rings. The van der Waals surface area contributed by atoms with Crippen molar-refractivity contribution in [2.24, 2.45) is 0 Å². The third-order valence-electron chi connectivity index (χ3n) is 7.52. The number of thioether (sulfide) groups is 1. The standard InChI is InChI=1S/C34H52NO7PS/c1-5-6-7-8-9-10-11-12-13-14-22-39-33-16-15-17-34(29(33)3)40-25-32(38-4)26-41-43(36,37)42-31-20-18-30(19-21-31)24-35-23-28(2)44-27-35/h15-21,23,32H,5-14,22,24-27H2,1-4H3,(H,36,37). The largest absolute Gasteiger partial charge is 0.527 e. The lowest BCUT2D eigenvalue weighted by Gasteiger charge is -2.20. The van der Waals surface area contributed by atoms with Crippen LogP contribution in [0.25, 0.3) is 0 Å². The van der Waals surface area contributed by atoms with Crippen LogP contribution in [0.4, 0.5) is 0 Å². The number of phosphoric ester groups is 1. The van der Waals surface area contributed by atoms with Crippen molar-refractivity contribution in [3.8, 4) is 17.2 Å². The molecule has 0 amide bonds. The summed E-state index contributed by atoms with van der Waals surface area (Å²) in [7, 11) is -2.85. The van der Waals surface area contributed by atoms with Gasteiger partial charge in [-0.3, -0.25) is 9.42 Å². The maximum Gasteiger partial charge on any atom is 0.527 e. The maximum absolute atomic E-state index is 12.6. The Kier molecular flexibility index (Phi) is 16.6. The predicted octanol–water partition coefficient (Wildman–Crippen LogP) is 9.25. The van der Waals surface area contributed by atoms with Crippen molar-refractivity contribution in [3.05, 3.63) is 64.7 Å². The van der Waals surface area contributed by atoms with Gasteiger partial charge in [-0.05, 0) is 55.0 Å². The van der Waals surface area contributed by atoms with Gasteiger partial charge in [0.05, 0.1) is 19.1 Å². The smallest absolute Gasteiger partial charge is 0.493 e. The molecule has 0 aliphatic carbocycles. The zero-order chi connectivity index (χ0) is 31.6. The Labute approximate surface area is 269 Å². The summed E-state index contributed by atoms with van der Waals surface area (Å²) in [5.74, 6) is 2.66. The van der Waals surface area contributed by atoms with Crippen molar-refractivity contribution in [1.82, 2.24) is 4.90 Å². The van der Waals surface area contributed by atoms with Crippen LogP contribution in [0.15, 0.2) is 53.6 Å². The molecule has 0 radical (unpaired) electrons. The highest BCUT2D eigenvalue weighted by Gasteiger charge is 2.26. The average molecular weight is 650 g/mol. The van der Waals surface area contributed by atoms with Crippen LogP contribution in [-0.2, 0) is 20.4 Å². The Morgan fingerprint density at radius 2 is 1.52 bits per heavy atom. The van der Waals surface area contributed by atoms with E-state index in [1.54, 1.807) is 23.9 Å². The molecule has 2 unspecified atom stereocenters. The molecule has 8 nitrogen and oxygen atoms in total. The molecule has 2 aromatic rings. The minimum absolute atomic E-state index is 0.136. The summed E-state index contributed by atoms with van der Waals surface area (Å²) in [4.78, 5) is 13.8. The summed E-state index contributed by atoms with van der Waals surface area (Å²) in [5, 5.41) is 0. The van der Waals surface area contributed by atoms with Crippen molar-refractivity contribution < 1.29 is 32.7 Å². The fourth-order valence-corrected chi connectivity index (χ4v) is 6.43. The molecule has 0 saturated carbocycles. The van der Waals surface area contributed by atoms with Gasteiger partial charge in [0.25, 0.3) is 0 Å². The quantitative estimate of drug-likeness (QED) is 0.0935. The van der Waals surface area contributed by atoms with E-state index in [4.69, 9.17) is 23.3 Å². The highest BCUT2D eigenvalue weighted by molar-refractivity contribution is 8.03. The number of methoxy groups -OCH3 is 1. The second-order valence-electron chi connectivity index (χ2n) is 11.3. The van der Waals surface area contributed by atoms with E-state index < -0.39 is 13.9 Å². The van der Waals surface area contributed by atoms with Crippen LogP contribution in [-0.4, -0.2) is 48.7 Å². The molecule has 2 atom stereocenters. The van der Waals surface area contributed by atoms with E-state index in [1.165, 1.54) is 69.8 Å². The molecule has 1 aliphatic heterocycles. The molecule has 44 heavy (non-hydrogen) atoms. The first-order chi connectivity index (χ1) is 21.3. The van der Waals surface area contributed by atoms with Crippen molar-refractivity contribution >= 4 is 19.6 Å². The van der Waals surface area contributed by atoms with E-state index in [0.29, 0.717) is 12.4 Å². The van der Waals surface area contributed by atoms with Gasteiger partial charge in [0, 0.05) is 25.4 Å². The zero-order valence-corrected chi connectivity index (χ0v) is 28.7. The van der Waals surface area contributed by atoms with Gasteiger partial charge in [0.2, 0.25) is 0 Å². The van der Waals surface area contributed by atoms with E-state index >= 15 is 0 Å². The van der Waals surface area contributed by atoms with Crippen LogP contribution in [0, 0.1) is 6.92 Å². The Balaban J connectivity index is 1.35. The number of ether oxygens (including phenoxy) is 3. The predicted molar refractivity (Wildman–Crippen MR) is 179 cm³/mol. The van der Waals surface area contributed by atoms with Gasteiger partial charge in [-0.1, -0.05) is 82.9 Å². The topological polar surface area (TPSA) is 86.7 Å². The van der Waals surface area contributed by atoms with Crippen LogP contribution < -0.4 is 14.0 Å². The Bertz CT molecular complexity index is 1180. The number of allylic oxidation sites excluding steroid dienone is 1. The molecule has 246 valence electrons. The van der Waals surface area contributed by atoms with E-state index in [-0.39, 0.29) is 19.0 Å². The Morgan fingerprint density at radius 3 is 2.14 bits per heavy atom. The van der Waals surface area contributed by atoms with E-state index in [2.05, 4.69) is 24.9 Å². The van der Waals surface area contributed by atoms with Crippen LogP contribution in [0.5, 0.6) is 17.2 Å². The normalized spacial score (nSPS) is 15.1. The summed E-state index contributed by atoms with van der Waals surface area (Å²) in [5.41, 5.74) is 1.99. The number of benzene rings is 2. The molecule has 0 saturated heterocycles. The second-order valence-corrected chi connectivity index (χ2v) is 13.9. The molecule has 10 heteroatoms. The lowest BCUT2D eigenvalue weighted by molar-refractivity contribution is 0.0159. The third kappa shape index (κ3) is 13.9. The van der Waals surface area contributed by atoms with Gasteiger partial charge in [-0.2, -0.15) is 0 Å². The molecule has 1 N–H and O–H groups in total. The SMILES string of the molecule is CCCCCCCCCCCCOc1cccc(OCC(COP(=O)(O)Oc2ccc(CN3C=C(C)SC3)cc2)OC)c1C. The van der Waals surface area contributed by atoms with E-state index in [1.807, 2.05) is 37.3 Å². The molecular formula is C34H52NO7PS.